The smallest absolute Gasteiger partial charge is 0.143 e. The minimum atomic E-state index is -0.481. The Morgan fingerprint density at radius 2 is 2.28 bits per heavy atom. The van der Waals surface area contributed by atoms with Gasteiger partial charge in [0.2, 0.25) is 0 Å². The third-order valence-corrected chi connectivity index (χ3v) is 3.36. The van der Waals surface area contributed by atoms with E-state index in [0.717, 1.165) is 6.42 Å². The van der Waals surface area contributed by atoms with Gasteiger partial charge in [-0.3, -0.25) is 0 Å². The van der Waals surface area contributed by atoms with Gasteiger partial charge in [0, 0.05) is 11.7 Å². The molecule has 2 aromatic rings. The molecular weight excluding hydrogens is 247 g/mol. The van der Waals surface area contributed by atoms with E-state index in [0.29, 0.717) is 5.69 Å². The predicted molar refractivity (Wildman–Crippen MR) is 72.2 cm³/mol. The molecule has 0 saturated heterocycles. The number of nitriles is 1. The van der Waals surface area contributed by atoms with Crippen LogP contribution in [0.5, 0.6) is 0 Å². The van der Waals surface area contributed by atoms with E-state index in [2.05, 4.69) is 16.8 Å². The molecule has 92 valence electrons. The van der Waals surface area contributed by atoms with E-state index in [-0.39, 0.29) is 11.6 Å². The van der Waals surface area contributed by atoms with E-state index in [4.69, 9.17) is 5.26 Å². The molecule has 1 aromatic heterocycles. The number of nitrogens with zero attached hydrogens (tertiary/aromatic N) is 1. The van der Waals surface area contributed by atoms with Crippen molar-refractivity contribution in [3.8, 4) is 6.07 Å². The van der Waals surface area contributed by atoms with Gasteiger partial charge in [0.15, 0.2) is 0 Å². The fraction of sp³-hybridized carbons (Fsp3) is 0.214. The van der Waals surface area contributed by atoms with Gasteiger partial charge in [0.05, 0.1) is 5.56 Å². The molecule has 0 aliphatic rings. The highest BCUT2D eigenvalue weighted by Crippen LogP contribution is 2.16. The van der Waals surface area contributed by atoms with Crippen LogP contribution >= 0.6 is 11.3 Å². The quantitative estimate of drug-likeness (QED) is 0.907. The lowest BCUT2D eigenvalue weighted by molar-refractivity contribution is 0.624. The van der Waals surface area contributed by atoms with Crippen LogP contribution in [0.25, 0.3) is 0 Å². The first-order chi connectivity index (χ1) is 8.69. The summed E-state index contributed by atoms with van der Waals surface area (Å²) < 4.78 is 13.4. The maximum absolute atomic E-state index is 13.4. The molecule has 0 aliphatic heterocycles. The lowest BCUT2D eigenvalue weighted by Crippen LogP contribution is -2.17. The molecule has 0 radical (unpaired) electrons. The van der Waals surface area contributed by atoms with Gasteiger partial charge < -0.3 is 5.32 Å². The zero-order chi connectivity index (χ0) is 13.0. The summed E-state index contributed by atoms with van der Waals surface area (Å²) in [4.78, 5) is 0. The molecule has 0 spiro atoms. The third-order valence-electron chi connectivity index (χ3n) is 2.62. The Kier molecular flexibility index (Phi) is 3.96. The molecule has 1 unspecified atom stereocenters. The first-order valence-electron chi connectivity index (χ1n) is 5.66. The van der Waals surface area contributed by atoms with Crippen LogP contribution in [0.4, 0.5) is 10.1 Å². The summed E-state index contributed by atoms with van der Waals surface area (Å²) in [6.07, 6.45) is 0.894. The third kappa shape index (κ3) is 3.08. The predicted octanol–water partition coefficient (Wildman–Crippen LogP) is 3.80. The Labute approximate surface area is 110 Å². The van der Waals surface area contributed by atoms with Crippen LogP contribution in [0.2, 0.25) is 0 Å². The number of hydrogen-bond acceptors (Lipinski definition) is 3. The van der Waals surface area contributed by atoms with Gasteiger partial charge in [-0.05, 0) is 53.9 Å². The zero-order valence-electron chi connectivity index (χ0n) is 9.98. The summed E-state index contributed by atoms with van der Waals surface area (Å²) >= 11 is 1.67. The largest absolute Gasteiger partial charge is 0.382 e. The highest BCUT2D eigenvalue weighted by atomic mass is 32.1. The number of nitrogens with one attached hydrogen (secondary N) is 1. The molecular formula is C14H13FN2S. The molecule has 1 atom stereocenters. The van der Waals surface area contributed by atoms with E-state index in [9.17, 15) is 4.39 Å². The van der Waals surface area contributed by atoms with E-state index < -0.39 is 5.82 Å². The summed E-state index contributed by atoms with van der Waals surface area (Å²) in [6, 6.07) is 8.70. The minimum Gasteiger partial charge on any atom is -0.382 e. The maximum Gasteiger partial charge on any atom is 0.143 e. The first-order valence-corrected chi connectivity index (χ1v) is 6.60. The lowest BCUT2D eigenvalue weighted by atomic mass is 10.1. The van der Waals surface area contributed by atoms with Crippen molar-refractivity contribution in [3.63, 3.8) is 0 Å². The molecule has 1 heterocycles. The zero-order valence-corrected chi connectivity index (χ0v) is 10.8. The molecule has 4 heteroatoms. The van der Waals surface area contributed by atoms with Crippen LogP contribution in [-0.2, 0) is 6.42 Å². The fourth-order valence-corrected chi connectivity index (χ4v) is 2.47. The van der Waals surface area contributed by atoms with Crippen molar-refractivity contribution in [2.75, 3.05) is 5.32 Å². The average Bonchev–Trinajstić information content (AvgIpc) is 2.82. The molecule has 2 nitrogen and oxygen atoms in total. The fourth-order valence-electron chi connectivity index (χ4n) is 1.79. The Morgan fingerprint density at radius 3 is 2.89 bits per heavy atom. The molecule has 0 saturated carbocycles. The molecule has 0 bridgehead atoms. The standard InChI is InChI=1S/C14H13FN2S/c1-10(6-11-4-5-18-9-11)17-13-3-2-12(8-16)14(15)7-13/h2-5,7,9-10,17H,6H2,1H3. The van der Waals surface area contributed by atoms with Gasteiger partial charge in [-0.1, -0.05) is 0 Å². The number of thiophene rings is 1. The normalized spacial score (nSPS) is 11.8. The molecule has 0 fully saturated rings. The van der Waals surface area contributed by atoms with Gasteiger partial charge in [0.25, 0.3) is 0 Å². The van der Waals surface area contributed by atoms with E-state index in [1.54, 1.807) is 17.4 Å². The molecule has 2 rings (SSSR count). The van der Waals surface area contributed by atoms with Gasteiger partial charge >= 0.3 is 0 Å². The van der Waals surface area contributed by atoms with Crippen molar-refractivity contribution < 1.29 is 4.39 Å². The highest BCUT2D eigenvalue weighted by molar-refractivity contribution is 7.07. The van der Waals surface area contributed by atoms with Crippen molar-refractivity contribution in [1.82, 2.24) is 0 Å². The maximum atomic E-state index is 13.4. The van der Waals surface area contributed by atoms with Crippen molar-refractivity contribution in [3.05, 3.63) is 52.0 Å². The SMILES string of the molecule is CC(Cc1ccsc1)Nc1ccc(C#N)c(F)c1. The van der Waals surface area contributed by atoms with Crippen LogP contribution in [0.3, 0.4) is 0 Å². The van der Waals surface area contributed by atoms with E-state index in [1.165, 1.54) is 17.7 Å². The number of benzene rings is 1. The Morgan fingerprint density at radius 1 is 1.44 bits per heavy atom. The first kappa shape index (κ1) is 12.6. The van der Waals surface area contributed by atoms with Gasteiger partial charge in [-0.2, -0.15) is 16.6 Å². The molecule has 18 heavy (non-hydrogen) atoms. The average molecular weight is 260 g/mol. The Balaban J connectivity index is 2.01. The number of anilines is 1. The number of halogens is 1. The molecule has 0 aliphatic carbocycles. The summed E-state index contributed by atoms with van der Waals surface area (Å²) in [6.45, 7) is 2.05. The summed E-state index contributed by atoms with van der Waals surface area (Å²) in [5.41, 5.74) is 2.05. The van der Waals surface area contributed by atoms with E-state index >= 15 is 0 Å². The van der Waals surface area contributed by atoms with Crippen LogP contribution in [-0.4, -0.2) is 6.04 Å². The second-order valence-electron chi connectivity index (χ2n) is 4.19. The van der Waals surface area contributed by atoms with Gasteiger partial charge in [0.1, 0.15) is 11.9 Å². The second kappa shape index (κ2) is 5.65. The Hall–Kier alpha value is -1.86. The number of hydrogen-bond donors (Lipinski definition) is 1. The molecule has 1 N–H and O–H groups in total. The monoisotopic (exact) mass is 260 g/mol. The lowest BCUT2D eigenvalue weighted by Gasteiger charge is -2.14. The van der Waals surface area contributed by atoms with E-state index in [1.807, 2.05) is 18.4 Å². The van der Waals surface area contributed by atoms with Crippen molar-refractivity contribution in [2.45, 2.75) is 19.4 Å². The summed E-state index contributed by atoms with van der Waals surface area (Å²) in [5, 5.41) is 16.0. The van der Waals surface area contributed by atoms with Crippen molar-refractivity contribution >= 4 is 17.0 Å². The van der Waals surface area contributed by atoms with Crippen LogP contribution < -0.4 is 5.32 Å². The van der Waals surface area contributed by atoms with Crippen LogP contribution in [0.15, 0.2) is 35.0 Å². The minimum absolute atomic E-state index is 0.0750. The van der Waals surface area contributed by atoms with Crippen LogP contribution in [0.1, 0.15) is 18.1 Å². The van der Waals surface area contributed by atoms with Gasteiger partial charge in [-0.15, -0.1) is 0 Å². The summed E-state index contributed by atoms with van der Waals surface area (Å²) in [7, 11) is 0. The molecule has 1 aromatic carbocycles. The Bertz CT molecular complexity index is 558. The second-order valence-corrected chi connectivity index (χ2v) is 4.97. The molecule has 0 amide bonds. The topological polar surface area (TPSA) is 35.8 Å². The van der Waals surface area contributed by atoms with Crippen LogP contribution in [0, 0.1) is 17.1 Å². The van der Waals surface area contributed by atoms with Crippen molar-refractivity contribution in [1.29, 1.82) is 5.26 Å². The van der Waals surface area contributed by atoms with Gasteiger partial charge in [-0.25, -0.2) is 4.39 Å². The van der Waals surface area contributed by atoms with Crippen molar-refractivity contribution in [2.24, 2.45) is 0 Å². The number of rotatable bonds is 4. The summed E-state index contributed by atoms with van der Waals surface area (Å²) in [5.74, 6) is -0.481. The highest BCUT2D eigenvalue weighted by Gasteiger charge is 2.06.